The highest BCUT2D eigenvalue weighted by Crippen LogP contribution is 2.32. The molecule has 86 valence electrons. The fourth-order valence-electron chi connectivity index (χ4n) is 1.79. The molecule has 1 saturated heterocycles. The molecule has 0 amide bonds. The molecule has 0 aromatic rings. The van der Waals surface area contributed by atoms with Crippen LogP contribution < -0.4 is 0 Å². The van der Waals surface area contributed by atoms with E-state index in [2.05, 4.69) is 15.9 Å². The molecule has 4 atom stereocenters. The Bertz CT molecular complexity index is 266. The van der Waals surface area contributed by atoms with Crippen LogP contribution in [0.3, 0.4) is 0 Å². The zero-order valence-corrected chi connectivity index (χ0v) is 10.6. The van der Waals surface area contributed by atoms with E-state index >= 15 is 0 Å². The third-order valence-corrected chi connectivity index (χ3v) is 3.83. The van der Waals surface area contributed by atoms with Crippen LogP contribution in [0.15, 0.2) is 0 Å². The summed E-state index contributed by atoms with van der Waals surface area (Å²) in [6.07, 6.45) is -0.416. The quantitative estimate of drug-likeness (QED) is 0.568. The second kappa shape index (κ2) is 4.96. The monoisotopic (exact) mass is 278 g/mol. The molecule has 0 bridgehead atoms. The summed E-state index contributed by atoms with van der Waals surface area (Å²) < 4.78 is 10.0. The summed E-state index contributed by atoms with van der Waals surface area (Å²) in [5, 5.41) is 0. The minimum atomic E-state index is -0.428. The fraction of sp³-hybridized carbons (Fsp3) is 0.800. The highest BCUT2D eigenvalue weighted by molar-refractivity contribution is 9.10. The molecule has 1 rings (SSSR count). The first-order valence-electron chi connectivity index (χ1n) is 5.00. The van der Waals surface area contributed by atoms with E-state index in [-0.39, 0.29) is 23.8 Å². The molecule has 0 aromatic carbocycles. The average molecular weight is 279 g/mol. The summed E-state index contributed by atoms with van der Waals surface area (Å²) >= 11 is 3.22. The van der Waals surface area contributed by atoms with Crippen molar-refractivity contribution < 1.29 is 19.1 Å². The molecule has 4 nitrogen and oxygen atoms in total. The molecule has 0 spiro atoms. The summed E-state index contributed by atoms with van der Waals surface area (Å²) in [4.78, 5) is 22.5. The maximum atomic E-state index is 11.6. The first kappa shape index (κ1) is 12.5. The van der Waals surface area contributed by atoms with Crippen molar-refractivity contribution in [1.82, 2.24) is 0 Å². The van der Waals surface area contributed by atoms with Gasteiger partial charge in [-0.3, -0.25) is 9.59 Å². The molecule has 1 heterocycles. The lowest BCUT2D eigenvalue weighted by atomic mass is 9.85. The van der Waals surface area contributed by atoms with Gasteiger partial charge in [0, 0.05) is 0 Å². The summed E-state index contributed by atoms with van der Waals surface area (Å²) in [7, 11) is 0. The second-order valence-corrected chi connectivity index (χ2v) is 4.67. The van der Waals surface area contributed by atoms with E-state index < -0.39 is 10.9 Å². The predicted octanol–water partition coefficient (Wildman–Crippen LogP) is 1.51. The van der Waals surface area contributed by atoms with Crippen LogP contribution in [0.25, 0.3) is 0 Å². The van der Waals surface area contributed by atoms with Crippen molar-refractivity contribution in [2.75, 3.05) is 6.61 Å². The minimum Gasteiger partial charge on any atom is -0.466 e. The summed E-state index contributed by atoms with van der Waals surface area (Å²) in [6.45, 7) is 5.66. The summed E-state index contributed by atoms with van der Waals surface area (Å²) in [5.41, 5.74) is 0. The zero-order chi connectivity index (χ0) is 11.6. The van der Waals surface area contributed by atoms with Gasteiger partial charge < -0.3 is 9.47 Å². The standard InChI is InChI=1S/C10H15BrO4/c1-4-14-9(12)7-5(2)8(11)10(13)15-6(7)3/h5-8H,4H2,1-3H3/t5-,6-,7-,8+/m1/s1. The smallest absolute Gasteiger partial charge is 0.320 e. The van der Waals surface area contributed by atoms with E-state index in [0.29, 0.717) is 6.61 Å². The van der Waals surface area contributed by atoms with Crippen LogP contribution in [0, 0.1) is 11.8 Å². The van der Waals surface area contributed by atoms with E-state index in [4.69, 9.17) is 9.47 Å². The van der Waals surface area contributed by atoms with E-state index in [1.165, 1.54) is 0 Å². The SMILES string of the molecule is CCOC(=O)[C@@H]1[C@@H](C)[C@H](Br)C(=O)O[C@@H]1C. The second-order valence-electron chi connectivity index (χ2n) is 3.68. The van der Waals surface area contributed by atoms with Gasteiger partial charge in [-0.2, -0.15) is 0 Å². The van der Waals surface area contributed by atoms with E-state index in [1.54, 1.807) is 13.8 Å². The molecule has 1 fully saturated rings. The number of rotatable bonds is 2. The summed E-state index contributed by atoms with van der Waals surface area (Å²) in [5.74, 6) is -1.10. The van der Waals surface area contributed by atoms with Gasteiger partial charge in [0.05, 0.1) is 12.5 Å². The van der Waals surface area contributed by atoms with Crippen molar-refractivity contribution in [1.29, 1.82) is 0 Å². The molecule has 0 unspecified atom stereocenters. The number of ether oxygens (including phenoxy) is 2. The number of hydrogen-bond donors (Lipinski definition) is 0. The van der Waals surface area contributed by atoms with E-state index in [1.807, 2.05) is 6.92 Å². The molecule has 1 aliphatic heterocycles. The van der Waals surface area contributed by atoms with Crippen molar-refractivity contribution in [2.24, 2.45) is 11.8 Å². The Morgan fingerprint density at radius 3 is 2.67 bits per heavy atom. The van der Waals surface area contributed by atoms with Crippen LogP contribution in [-0.2, 0) is 19.1 Å². The number of hydrogen-bond acceptors (Lipinski definition) is 4. The zero-order valence-electron chi connectivity index (χ0n) is 9.03. The Kier molecular flexibility index (Phi) is 4.13. The van der Waals surface area contributed by atoms with E-state index in [0.717, 1.165) is 0 Å². The van der Waals surface area contributed by atoms with Gasteiger partial charge in [0.25, 0.3) is 0 Å². The number of carbonyl (C=O) groups excluding carboxylic acids is 2. The largest absolute Gasteiger partial charge is 0.466 e. The van der Waals surface area contributed by atoms with Crippen LogP contribution in [0.5, 0.6) is 0 Å². The number of cyclic esters (lactones) is 1. The number of halogens is 1. The van der Waals surface area contributed by atoms with Gasteiger partial charge in [-0.15, -0.1) is 0 Å². The Hall–Kier alpha value is -0.580. The number of carbonyl (C=O) groups is 2. The molecule has 0 aromatic heterocycles. The van der Waals surface area contributed by atoms with Crippen molar-refractivity contribution in [3.8, 4) is 0 Å². The maximum Gasteiger partial charge on any atom is 0.320 e. The molecule has 5 heteroatoms. The highest BCUT2D eigenvalue weighted by Gasteiger charge is 2.44. The number of alkyl halides is 1. The van der Waals surface area contributed by atoms with Crippen LogP contribution in [0.2, 0.25) is 0 Å². The molecule has 15 heavy (non-hydrogen) atoms. The Morgan fingerprint density at radius 1 is 1.53 bits per heavy atom. The minimum absolute atomic E-state index is 0.111. The molecular weight excluding hydrogens is 264 g/mol. The third kappa shape index (κ3) is 2.51. The van der Waals surface area contributed by atoms with Crippen LogP contribution in [0.4, 0.5) is 0 Å². The van der Waals surface area contributed by atoms with Crippen LogP contribution >= 0.6 is 15.9 Å². The van der Waals surface area contributed by atoms with Gasteiger partial charge in [0.2, 0.25) is 0 Å². The predicted molar refractivity (Wildman–Crippen MR) is 57.6 cm³/mol. The van der Waals surface area contributed by atoms with Gasteiger partial charge in [-0.25, -0.2) is 0 Å². The molecule has 0 saturated carbocycles. The van der Waals surface area contributed by atoms with Crippen molar-refractivity contribution >= 4 is 27.9 Å². The number of esters is 2. The lowest BCUT2D eigenvalue weighted by Crippen LogP contribution is -2.47. The van der Waals surface area contributed by atoms with Crippen molar-refractivity contribution in [3.63, 3.8) is 0 Å². The first-order valence-corrected chi connectivity index (χ1v) is 5.91. The van der Waals surface area contributed by atoms with Crippen molar-refractivity contribution in [3.05, 3.63) is 0 Å². The molecule has 0 N–H and O–H groups in total. The fourth-order valence-corrected chi connectivity index (χ4v) is 2.23. The summed E-state index contributed by atoms with van der Waals surface area (Å²) in [6, 6.07) is 0. The van der Waals surface area contributed by atoms with E-state index in [9.17, 15) is 9.59 Å². The molecule has 0 aliphatic carbocycles. The molecule has 1 aliphatic rings. The third-order valence-electron chi connectivity index (χ3n) is 2.62. The Balaban J connectivity index is 2.78. The van der Waals surface area contributed by atoms with Gasteiger partial charge in [-0.1, -0.05) is 22.9 Å². The average Bonchev–Trinajstić information content (AvgIpc) is 2.15. The van der Waals surface area contributed by atoms with Crippen LogP contribution in [-0.4, -0.2) is 29.5 Å². The Morgan fingerprint density at radius 2 is 2.13 bits per heavy atom. The Labute approximate surface area is 97.4 Å². The van der Waals surface area contributed by atoms with Gasteiger partial charge in [0.15, 0.2) is 0 Å². The highest BCUT2D eigenvalue weighted by atomic mass is 79.9. The first-order chi connectivity index (χ1) is 6.99. The lowest BCUT2D eigenvalue weighted by molar-refractivity contribution is -0.171. The normalized spacial score (nSPS) is 35.9. The van der Waals surface area contributed by atoms with Gasteiger partial charge in [-0.05, 0) is 19.8 Å². The molecular formula is C10H15BrO4. The lowest BCUT2D eigenvalue weighted by Gasteiger charge is -2.34. The van der Waals surface area contributed by atoms with Crippen LogP contribution in [0.1, 0.15) is 20.8 Å². The van der Waals surface area contributed by atoms with Gasteiger partial charge in [0.1, 0.15) is 10.9 Å². The van der Waals surface area contributed by atoms with Gasteiger partial charge >= 0.3 is 11.9 Å². The van der Waals surface area contributed by atoms with Crippen molar-refractivity contribution in [2.45, 2.75) is 31.7 Å². The topological polar surface area (TPSA) is 52.6 Å². The maximum absolute atomic E-state index is 11.6. The molecule has 0 radical (unpaired) electrons.